The highest BCUT2D eigenvalue weighted by Crippen LogP contribution is 2.40. The van der Waals surface area contributed by atoms with Gasteiger partial charge < -0.3 is 15.0 Å². The minimum Gasteiger partial charge on any atom is -0.497 e. The van der Waals surface area contributed by atoms with E-state index in [0.29, 0.717) is 11.6 Å². The molecule has 0 atom stereocenters. The molecule has 0 aliphatic heterocycles. The fraction of sp³-hybridized carbons (Fsp3) is 0.0714. The highest BCUT2D eigenvalue weighted by atomic mass is 79.9. The molecule has 0 radical (unpaired) electrons. The molecule has 4 nitrogen and oxygen atoms in total. The lowest BCUT2D eigenvalue weighted by atomic mass is 10.1. The monoisotopic (exact) mass is 350 g/mol. The van der Waals surface area contributed by atoms with Crippen LogP contribution >= 0.6 is 27.3 Å². The van der Waals surface area contributed by atoms with Gasteiger partial charge in [0.05, 0.1) is 21.3 Å². The summed E-state index contributed by atoms with van der Waals surface area (Å²) in [4.78, 5) is 0.979. The molecule has 3 rings (SSSR count). The summed E-state index contributed by atoms with van der Waals surface area (Å²) in [6, 6.07) is 11.6. The maximum Gasteiger partial charge on any atom is 0.186 e. The fourth-order valence-corrected chi connectivity index (χ4v) is 3.31. The van der Waals surface area contributed by atoms with E-state index in [0.717, 1.165) is 25.5 Å². The van der Waals surface area contributed by atoms with Crippen LogP contribution in [0.25, 0.3) is 21.8 Å². The van der Waals surface area contributed by atoms with Crippen LogP contribution in [0.15, 0.2) is 44.7 Å². The van der Waals surface area contributed by atoms with Gasteiger partial charge in [0.15, 0.2) is 11.6 Å². The van der Waals surface area contributed by atoms with Crippen LogP contribution in [-0.2, 0) is 0 Å². The minimum absolute atomic E-state index is 0.384. The molecular weight excluding hydrogens is 340 g/mol. The smallest absolute Gasteiger partial charge is 0.186 e. The molecule has 1 aromatic carbocycles. The lowest BCUT2D eigenvalue weighted by Gasteiger charge is -2.03. The molecule has 0 spiro atoms. The third-order valence-electron chi connectivity index (χ3n) is 2.89. The van der Waals surface area contributed by atoms with Crippen molar-refractivity contribution in [3.8, 4) is 27.5 Å². The SMILES string of the molecule is COc1ccc(-c2c(N)noc2-c2ccc(Br)s2)cc1. The molecule has 0 saturated carbocycles. The Morgan fingerprint density at radius 1 is 1.20 bits per heavy atom. The zero-order valence-electron chi connectivity index (χ0n) is 10.6. The van der Waals surface area contributed by atoms with Crippen molar-refractivity contribution in [3.05, 3.63) is 40.2 Å². The molecule has 0 aliphatic rings. The van der Waals surface area contributed by atoms with E-state index in [2.05, 4.69) is 21.1 Å². The van der Waals surface area contributed by atoms with Crippen LogP contribution in [-0.4, -0.2) is 12.3 Å². The Balaban J connectivity index is 2.10. The molecule has 0 amide bonds. The van der Waals surface area contributed by atoms with Crippen molar-refractivity contribution in [1.29, 1.82) is 0 Å². The van der Waals surface area contributed by atoms with Gasteiger partial charge in [-0.1, -0.05) is 17.3 Å². The maximum absolute atomic E-state index is 5.94. The number of rotatable bonds is 3. The fourth-order valence-electron chi connectivity index (χ4n) is 1.94. The van der Waals surface area contributed by atoms with E-state index in [1.54, 1.807) is 18.4 Å². The topological polar surface area (TPSA) is 61.3 Å². The zero-order valence-corrected chi connectivity index (χ0v) is 13.0. The summed E-state index contributed by atoms with van der Waals surface area (Å²) in [5.74, 6) is 1.86. The largest absolute Gasteiger partial charge is 0.497 e. The number of hydrogen-bond acceptors (Lipinski definition) is 5. The number of hydrogen-bond donors (Lipinski definition) is 1. The van der Waals surface area contributed by atoms with Crippen LogP contribution in [0.5, 0.6) is 5.75 Å². The van der Waals surface area contributed by atoms with Gasteiger partial charge in [-0.05, 0) is 45.8 Å². The molecule has 0 bridgehead atoms. The van der Waals surface area contributed by atoms with Crippen molar-refractivity contribution in [2.75, 3.05) is 12.8 Å². The highest BCUT2D eigenvalue weighted by molar-refractivity contribution is 9.11. The summed E-state index contributed by atoms with van der Waals surface area (Å²) in [5.41, 5.74) is 7.70. The Kier molecular flexibility index (Phi) is 3.50. The van der Waals surface area contributed by atoms with Gasteiger partial charge in [0.25, 0.3) is 0 Å². The summed E-state index contributed by atoms with van der Waals surface area (Å²) in [5, 5.41) is 3.88. The van der Waals surface area contributed by atoms with Gasteiger partial charge >= 0.3 is 0 Å². The lowest BCUT2D eigenvalue weighted by molar-refractivity contribution is 0.415. The van der Waals surface area contributed by atoms with Crippen molar-refractivity contribution in [2.45, 2.75) is 0 Å². The van der Waals surface area contributed by atoms with E-state index in [-0.39, 0.29) is 0 Å². The molecule has 0 fully saturated rings. The Morgan fingerprint density at radius 3 is 2.55 bits per heavy atom. The van der Waals surface area contributed by atoms with Crippen molar-refractivity contribution >= 4 is 33.1 Å². The van der Waals surface area contributed by atoms with Crippen LogP contribution in [0.3, 0.4) is 0 Å². The maximum atomic E-state index is 5.94. The predicted octanol–water partition coefficient (Wildman–Crippen LogP) is 4.42. The lowest BCUT2D eigenvalue weighted by Crippen LogP contribution is -1.89. The van der Waals surface area contributed by atoms with E-state index in [4.69, 9.17) is 15.0 Å². The van der Waals surface area contributed by atoms with Crippen molar-refractivity contribution in [2.24, 2.45) is 0 Å². The second kappa shape index (κ2) is 5.30. The second-order valence-corrected chi connectivity index (χ2v) is 6.57. The van der Waals surface area contributed by atoms with Crippen molar-refractivity contribution in [3.63, 3.8) is 0 Å². The van der Waals surface area contributed by atoms with E-state index in [1.165, 1.54) is 0 Å². The number of nitrogens with zero attached hydrogens (tertiary/aromatic N) is 1. The summed E-state index contributed by atoms with van der Waals surface area (Å²) in [6.45, 7) is 0. The summed E-state index contributed by atoms with van der Waals surface area (Å²) in [7, 11) is 1.64. The normalized spacial score (nSPS) is 10.7. The first-order valence-corrected chi connectivity index (χ1v) is 7.45. The molecule has 102 valence electrons. The zero-order chi connectivity index (χ0) is 14.1. The average molecular weight is 351 g/mol. The molecule has 2 aromatic heterocycles. The summed E-state index contributed by atoms with van der Waals surface area (Å²) in [6.07, 6.45) is 0. The Labute approximate surface area is 128 Å². The van der Waals surface area contributed by atoms with Crippen LogP contribution < -0.4 is 10.5 Å². The summed E-state index contributed by atoms with van der Waals surface area (Å²) >= 11 is 5.02. The van der Waals surface area contributed by atoms with Gasteiger partial charge in [0.2, 0.25) is 0 Å². The number of nitrogens with two attached hydrogens (primary N) is 1. The van der Waals surface area contributed by atoms with Crippen molar-refractivity contribution in [1.82, 2.24) is 5.16 Å². The number of nitrogen functional groups attached to an aromatic ring is 1. The molecule has 2 heterocycles. The average Bonchev–Trinajstić information content (AvgIpc) is 3.05. The second-order valence-electron chi connectivity index (χ2n) is 4.10. The van der Waals surface area contributed by atoms with Crippen LogP contribution in [0.2, 0.25) is 0 Å². The molecule has 0 saturated heterocycles. The first-order valence-electron chi connectivity index (χ1n) is 5.84. The Morgan fingerprint density at radius 2 is 1.95 bits per heavy atom. The van der Waals surface area contributed by atoms with Gasteiger partial charge in [-0.15, -0.1) is 11.3 Å². The Bertz CT molecular complexity index is 734. The van der Waals surface area contributed by atoms with E-state index in [1.807, 2.05) is 36.4 Å². The number of benzene rings is 1. The minimum atomic E-state index is 0.384. The number of methoxy groups -OCH3 is 1. The van der Waals surface area contributed by atoms with Gasteiger partial charge in [-0.3, -0.25) is 0 Å². The molecule has 6 heteroatoms. The van der Waals surface area contributed by atoms with Crippen LogP contribution in [0, 0.1) is 0 Å². The van der Waals surface area contributed by atoms with Crippen LogP contribution in [0.4, 0.5) is 5.82 Å². The quantitative estimate of drug-likeness (QED) is 0.759. The third kappa shape index (κ3) is 2.32. The van der Waals surface area contributed by atoms with E-state index in [9.17, 15) is 0 Å². The van der Waals surface area contributed by atoms with Gasteiger partial charge in [-0.2, -0.15) is 0 Å². The van der Waals surface area contributed by atoms with Crippen molar-refractivity contribution < 1.29 is 9.26 Å². The molecule has 3 aromatic rings. The highest BCUT2D eigenvalue weighted by Gasteiger charge is 2.19. The molecular formula is C14H11BrN2O2S. The third-order valence-corrected chi connectivity index (χ3v) is 4.52. The number of ether oxygens (including phenoxy) is 1. The first-order chi connectivity index (χ1) is 9.69. The first kappa shape index (κ1) is 13.2. The van der Waals surface area contributed by atoms with Crippen LogP contribution in [0.1, 0.15) is 0 Å². The number of anilines is 1. The van der Waals surface area contributed by atoms with E-state index < -0.39 is 0 Å². The van der Waals surface area contributed by atoms with Gasteiger partial charge in [-0.25, -0.2) is 0 Å². The summed E-state index contributed by atoms with van der Waals surface area (Å²) < 4.78 is 11.6. The Hall–Kier alpha value is -1.79. The van der Waals surface area contributed by atoms with E-state index >= 15 is 0 Å². The number of aromatic nitrogens is 1. The molecule has 2 N–H and O–H groups in total. The molecule has 0 unspecified atom stereocenters. The molecule has 0 aliphatic carbocycles. The number of thiophene rings is 1. The standard InChI is InChI=1S/C14H11BrN2O2S/c1-18-9-4-2-8(3-5-9)12-13(19-17-14(12)16)10-6-7-11(15)20-10/h2-7H,1H3,(H2,16,17). The van der Waals surface area contributed by atoms with Gasteiger partial charge in [0, 0.05) is 0 Å². The van der Waals surface area contributed by atoms with Gasteiger partial charge in [0.1, 0.15) is 5.75 Å². The predicted molar refractivity (Wildman–Crippen MR) is 83.9 cm³/mol. The molecule has 20 heavy (non-hydrogen) atoms. The number of halogens is 1.